The number of carbonyl (C=O) groups is 2. The van der Waals surface area contributed by atoms with E-state index in [1.165, 1.54) is 58.3 Å². The van der Waals surface area contributed by atoms with E-state index in [0.717, 1.165) is 24.2 Å². The number of ether oxygens (including phenoxy) is 2. The number of hydrogen-bond acceptors (Lipinski definition) is 5. The highest BCUT2D eigenvalue weighted by atomic mass is 16.6. The van der Waals surface area contributed by atoms with Gasteiger partial charge in [-0.2, -0.15) is 0 Å². The van der Waals surface area contributed by atoms with Gasteiger partial charge in [-0.25, -0.2) is 4.79 Å². The van der Waals surface area contributed by atoms with E-state index in [4.69, 9.17) is 9.47 Å². The van der Waals surface area contributed by atoms with Crippen molar-refractivity contribution in [3.63, 3.8) is 0 Å². The van der Waals surface area contributed by atoms with E-state index in [0.29, 0.717) is 12.0 Å². The van der Waals surface area contributed by atoms with Crippen LogP contribution in [0.2, 0.25) is 0 Å². The van der Waals surface area contributed by atoms with Crippen LogP contribution in [0.15, 0.2) is 60.7 Å². The number of nitrogens with zero attached hydrogens (tertiary/aromatic N) is 1. The second-order valence-corrected chi connectivity index (χ2v) is 10.7. The van der Waals surface area contributed by atoms with Crippen LogP contribution in [-0.2, 0) is 32.1 Å². The largest absolute Gasteiger partial charge is 0.462 e. The van der Waals surface area contributed by atoms with Gasteiger partial charge in [0.1, 0.15) is 6.61 Å². The number of piperidine rings is 1. The van der Waals surface area contributed by atoms with Crippen molar-refractivity contribution in [1.29, 1.82) is 0 Å². The van der Waals surface area contributed by atoms with E-state index in [2.05, 4.69) is 4.90 Å². The molecule has 0 N–H and O–H groups in total. The highest BCUT2D eigenvalue weighted by Gasteiger charge is 2.46. The summed E-state index contributed by atoms with van der Waals surface area (Å²) < 4.78 is 11.9. The molecule has 1 atom stereocenters. The average molecular weight is 492 g/mol. The highest BCUT2D eigenvalue weighted by molar-refractivity contribution is 6.06. The summed E-state index contributed by atoms with van der Waals surface area (Å²) in [6.45, 7) is 4.67. The molecule has 5 nitrogen and oxygen atoms in total. The molecule has 0 bridgehead atoms. The number of likely N-dealkylation sites (tertiary alicyclic amines) is 1. The molecule has 1 aliphatic carbocycles. The van der Waals surface area contributed by atoms with E-state index in [-0.39, 0.29) is 25.4 Å². The fourth-order valence-electron chi connectivity index (χ4n) is 5.83. The van der Waals surface area contributed by atoms with Crippen molar-refractivity contribution in [2.24, 2.45) is 5.41 Å². The Balaban J connectivity index is 1.37. The summed E-state index contributed by atoms with van der Waals surface area (Å²) in [6, 6.07) is 19.2. The van der Waals surface area contributed by atoms with Crippen LogP contribution >= 0.6 is 0 Å². The van der Waals surface area contributed by atoms with Crippen LogP contribution < -0.4 is 0 Å². The number of esters is 1. The molecule has 1 unspecified atom stereocenters. The summed E-state index contributed by atoms with van der Waals surface area (Å²) in [7, 11) is 0. The number of rotatable bonds is 10. The molecule has 1 heterocycles. The van der Waals surface area contributed by atoms with Crippen LogP contribution in [0.3, 0.4) is 0 Å². The van der Waals surface area contributed by atoms with Gasteiger partial charge in [-0.1, -0.05) is 86.3 Å². The van der Waals surface area contributed by atoms with Gasteiger partial charge in [0, 0.05) is 13.0 Å². The summed E-state index contributed by atoms with van der Waals surface area (Å²) in [4.78, 5) is 28.8. The molecule has 2 aromatic rings. The van der Waals surface area contributed by atoms with Gasteiger partial charge in [-0.3, -0.25) is 9.69 Å². The van der Waals surface area contributed by atoms with Crippen LogP contribution in [0.5, 0.6) is 0 Å². The fourth-order valence-corrected chi connectivity index (χ4v) is 5.83. The molecule has 1 saturated heterocycles. The van der Waals surface area contributed by atoms with Gasteiger partial charge in [0.15, 0.2) is 5.78 Å². The molecular weight excluding hydrogens is 450 g/mol. The maximum absolute atomic E-state index is 13.5. The van der Waals surface area contributed by atoms with Gasteiger partial charge in [0.05, 0.1) is 6.61 Å². The molecule has 194 valence electrons. The van der Waals surface area contributed by atoms with Crippen molar-refractivity contribution in [2.75, 3.05) is 26.2 Å². The monoisotopic (exact) mass is 491 g/mol. The molecule has 1 spiro atoms. The second-order valence-electron chi connectivity index (χ2n) is 10.7. The lowest BCUT2D eigenvalue weighted by molar-refractivity contribution is -0.179. The number of carbonyl (C=O) groups excluding carboxylic acids is 2. The molecule has 1 aliphatic heterocycles. The van der Waals surface area contributed by atoms with Crippen LogP contribution in [0, 0.1) is 5.41 Å². The van der Waals surface area contributed by atoms with Gasteiger partial charge >= 0.3 is 5.97 Å². The summed E-state index contributed by atoms with van der Waals surface area (Å²) >= 11 is 0. The number of hydrogen-bond donors (Lipinski definition) is 0. The van der Waals surface area contributed by atoms with Crippen molar-refractivity contribution >= 4 is 11.8 Å². The van der Waals surface area contributed by atoms with Gasteiger partial charge in [-0.05, 0) is 62.2 Å². The van der Waals surface area contributed by atoms with E-state index >= 15 is 0 Å². The molecule has 2 aromatic carbocycles. The quantitative estimate of drug-likeness (QED) is 0.313. The third kappa shape index (κ3) is 6.83. The first-order valence-corrected chi connectivity index (χ1v) is 13.6. The Kier molecular flexibility index (Phi) is 9.33. The lowest BCUT2D eigenvalue weighted by Gasteiger charge is -2.41. The zero-order valence-electron chi connectivity index (χ0n) is 21.8. The SMILES string of the molecule is CC(=O)C(Cc1ccccc1)(OCc1ccccc1)C(=O)OCCN1CCC2(CCCCCC2)CC1. The molecule has 36 heavy (non-hydrogen) atoms. The average Bonchev–Trinajstić information content (AvgIpc) is 3.14. The molecule has 1 saturated carbocycles. The Bertz CT molecular complexity index is 959. The van der Waals surface area contributed by atoms with Crippen molar-refractivity contribution in [3.05, 3.63) is 71.8 Å². The van der Waals surface area contributed by atoms with Crippen LogP contribution in [-0.4, -0.2) is 48.5 Å². The summed E-state index contributed by atoms with van der Waals surface area (Å²) in [5, 5.41) is 0. The second kappa shape index (κ2) is 12.6. The molecule has 0 amide bonds. The van der Waals surface area contributed by atoms with E-state index in [9.17, 15) is 9.59 Å². The van der Waals surface area contributed by atoms with Gasteiger partial charge in [0.2, 0.25) is 5.60 Å². The summed E-state index contributed by atoms with van der Waals surface area (Å²) in [6.07, 6.45) is 10.9. The van der Waals surface area contributed by atoms with Crippen LogP contribution in [0.1, 0.15) is 69.4 Å². The summed E-state index contributed by atoms with van der Waals surface area (Å²) in [5.41, 5.74) is 0.643. The Morgan fingerprint density at radius 2 is 1.42 bits per heavy atom. The van der Waals surface area contributed by atoms with Crippen molar-refractivity contribution in [1.82, 2.24) is 4.90 Å². The lowest BCUT2D eigenvalue weighted by atomic mass is 9.73. The normalized spacial score (nSPS) is 19.8. The maximum Gasteiger partial charge on any atom is 0.346 e. The molecule has 0 aromatic heterocycles. The summed E-state index contributed by atoms with van der Waals surface area (Å²) in [5.74, 6) is -0.924. The number of benzene rings is 2. The van der Waals surface area contributed by atoms with E-state index in [1.54, 1.807) is 0 Å². The van der Waals surface area contributed by atoms with Crippen LogP contribution in [0.25, 0.3) is 0 Å². The van der Waals surface area contributed by atoms with Gasteiger partial charge in [0.25, 0.3) is 0 Å². The van der Waals surface area contributed by atoms with Crippen LogP contribution in [0.4, 0.5) is 0 Å². The Morgan fingerprint density at radius 1 is 0.833 bits per heavy atom. The first kappa shape index (κ1) is 26.6. The van der Waals surface area contributed by atoms with Crippen molar-refractivity contribution in [3.8, 4) is 0 Å². The Labute approximate surface area is 216 Å². The minimum atomic E-state index is -1.66. The first-order valence-electron chi connectivity index (χ1n) is 13.6. The van der Waals surface area contributed by atoms with Gasteiger partial charge in [-0.15, -0.1) is 0 Å². The molecule has 0 radical (unpaired) electrons. The minimum Gasteiger partial charge on any atom is -0.462 e. The molecule has 2 aliphatic rings. The minimum absolute atomic E-state index is 0.154. The van der Waals surface area contributed by atoms with E-state index < -0.39 is 11.6 Å². The van der Waals surface area contributed by atoms with Gasteiger partial charge < -0.3 is 9.47 Å². The highest BCUT2D eigenvalue weighted by Crippen LogP contribution is 2.43. The third-order valence-electron chi connectivity index (χ3n) is 8.24. The fraction of sp³-hybridized carbons (Fsp3) is 0.548. The maximum atomic E-state index is 13.5. The third-order valence-corrected chi connectivity index (χ3v) is 8.24. The van der Waals surface area contributed by atoms with Crippen molar-refractivity contribution < 1.29 is 19.1 Å². The molecule has 5 heteroatoms. The number of Topliss-reactive ketones (excluding diaryl/α,β-unsaturated/α-hetero) is 1. The first-order chi connectivity index (χ1) is 17.5. The predicted octanol–water partition coefficient (Wildman–Crippen LogP) is 5.75. The zero-order valence-corrected chi connectivity index (χ0v) is 21.8. The standard InChI is InChI=1S/C31H41NO4/c1-26(33)31(24-27-12-6-4-7-13-27,36-25-28-14-8-5-9-15-28)29(34)35-23-22-32-20-18-30(19-21-32)16-10-2-3-11-17-30/h4-9,12-15H,2-3,10-11,16-25H2,1H3. The Hall–Kier alpha value is -2.50. The molecular formula is C31H41NO4. The predicted molar refractivity (Wildman–Crippen MR) is 142 cm³/mol. The zero-order chi connectivity index (χ0) is 25.3. The molecule has 2 fully saturated rings. The number of ketones is 1. The van der Waals surface area contributed by atoms with Crippen molar-refractivity contribution in [2.45, 2.75) is 76.9 Å². The smallest absolute Gasteiger partial charge is 0.346 e. The van der Waals surface area contributed by atoms with E-state index in [1.807, 2.05) is 60.7 Å². The topological polar surface area (TPSA) is 55.8 Å². The lowest BCUT2D eigenvalue weighted by Crippen LogP contribution is -2.51. The Morgan fingerprint density at radius 3 is 2.00 bits per heavy atom. The molecule has 4 rings (SSSR count).